The Bertz CT molecular complexity index is 481. The average molecular weight is 300 g/mol. The molecular formula is C16H23F3N2. The molecule has 1 saturated carbocycles. The standard InChI is InChI=1S/C16H23F3N2/c1-3-12(20)9-11-5-8-15(14(10-11)16(17,18)19)21(4-2)13-6-7-13/h5,8,10,12-13H,3-4,6-7,9,20H2,1-2H3. The second-order valence-corrected chi connectivity index (χ2v) is 5.74. The highest BCUT2D eigenvalue weighted by Gasteiger charge is 2.38. The molecule has 1 aliphatic rings. The van der Waals surface area contributed by atoms with Crippen LogP contribution in [-0.4, -0.2) is 18.6 Å². The molecule has 0 aliphatic heterocycles. The third-order valence-electron chi connectivity index (χ3n) is 4.03. The molecule has 1 atom stereocenters. The number of alkyl halides is 3. The molecule has 0 aromatic heterocycles. The van der Waals surface area contributed by atoms with Crippen LogP contribution in [0.3, 0.4) is 0 Å². The molecule has 1 fully saturated rings. The lowest BCUT2D eigenvalue weighted by molar-refractivity contribution is -0.137. The molecule has 1 aromatic carbocycles. The second-order valence-electron chi connectivity index (χ2n) is 5.74. The summed E-state index contributed by atoms with van der Waals surface area (Å²) in [5, 5.41) is 0. The highest BCUT2D eigenvalue weighted by molar-refractivity contribution is 5.58. The number of benzene rings is 1. The lowest BCUT2D eigenvalue weighted by Crippen LogP contribution is -2.28. The van der Waals surface area contributed by atoms with Crippen molar-refractivity contribution in [2.75, 3.05) is 11.4 Å². The molecule has 0 saturated heterocycles. The monoisotopic (exact) mass is 300 g/mol. The van der Waals surface area contributed by atoms with Gasteiger partial charge in [-0.2, -0.15) is 13.2 Å². The van der Waals surface area contributed by atoms with Crippen LogP contribution in [0.4, 0.5) is 18.9 Å². The third kappa shape index (κ3) is 3.90. The SMILES string of the molecule is CCC(N)Cc1ccc(N(CC)C2CC2)c(C(F)(F)F)c1. The zero-order valence-corrected chi connectivity index (χ0v) is 12.6. The zero-order valence-electron chi connectivity index (χ0n) is 12.6. The van der Waals surface area contributed by atoms with Gasteiger partial charge in [0, 0.05) is 24.3 Å². The fourth-order valence-corrected chi connectivity index (χ4v) is 2.65. The van der Waals surface area contributed by atoms with E-state index in [4.69, 9.17) is 5.73 Å². The molecule has 1 aliphatic carbocycles. The van der Waals surface area contributed by atoms with Crippen molar-refractivity contribution in [3.8, 4) is 0 Å². The topological polar surface area (TPSA) is 29.3 Å². The van der Waals surface area contributed by atoms with Crippen LogP contribution >= 0.6 is 0 Å². The van der Waals surface area contributed by atoms with E-state index in [0.29, 0.717) is 24.2 Å². The van der Waals surface area contributed by atoms with E-state index in [-0.39, 0.29) is 12.1 Å². The van der Waals surface area contributed by atoms with Gasteiger partial charge in [0.15, 0.2) is 0 Å². The van der Waals surface area contributed by atoms with Crippen molar-refractivity contribution in [2.24, 2.45) is 5.73 Å². The van der Waals surface area contributed by atoms with Crippen molar-refractivity contribution in [3.63, 3.8) is 0 Å². The predicted octanol–water partition coefficient (Wildman–Crippen LogP) is 3.97. The third-order valence-corrected chi connectivity index (χ3v) is 4.03. The minimum absolute atomic E-state index is 0.0948. The normalized spacial score (nSPS) is 16.9. The van der Waals surface area contributed by atoms with E-state index < -0.39 is 11.7 Å². The first-order valence-corrected chi connectivity index (χ1v) is 7.59. The molecule has 0 bridgehead atoms. The quantitative estimate of drug-likeness (QED) is 0.861. The minimum atomic E-state index is -4.33. The first kappa shape index (κ1) is 16.1. The number of rotatable bonds is 6. The van der Waals surface area contributed by atoms with Crippen molar-refractivity contribution < 1.29 is 13.2 Å². The van der Waals surface area contributed by atoms with E-state index in [2.05, 4.69) is 0 Å². The lowest BCUT2D eigenvalue weighted by Gasteiger charge is -2.27. The van der Waals surface area contributed by atoms with Crippen molar-refractivity contribution in [2.45, 2.75) is 57.8 Å². The molecule has 5 heteroatoms. The highest BCUT2D eigenvalue weighted by Crippen LogP contribution is 2.41. The number of hydrogen-bond acceptors (Lipinski definition) is 2. The summed E-state index contributed by atoms with van der Waals surface area (Å²) in [5.74, 6) is 0. The van der Waals surface area contributed by atoms with E-state index in [1.54, 1.807) is 12.1 Å². The van der Waals surface area contributed by atoms with E-state index in [9.17, 15) is 13.2 Å². The Morgan fingerprint density at radius 1 is 1.29 bits per heavy atom. The van der Waals surface area contributed by atoms with Gasteiger partial charge in [-0.3, -0.25) is 0 Å². The number of nitrogens with two attached hydrogens (primary N) is 1. The Labute approximate surface area is 124 Å². The second kappa shape index (κ2) is 6.26. The number of halogens is 3. The van der Waals surface area contributed by atoms with Gasteiger partial charge in [-0.15, -0.1) is 0 Å². The van der Waals surface area contributed by atoms with Gasteiger partial charge in [-0.05, 0) is 50.3 Å². The summed E-state index contributed by atoms with van der Waals surface area (Å²) in [7, 11) is 0. The van der Waals surface area contributed by atoms with Crippen LogP contribution in [0.5, 0.6) is 0 Å². The molecule has 0 heterocycles. The molecule has 2 rings (SSSR count). The Balaban J connectivity index is 2.36. The molecule has 1 aromatic rings. The fourth-order valence-electron chi connectivity index (χ4n) is 2.65. The van der Waals surface area contributed by atoms with Gasteiger partial charge in [0.2, 0.25) is 0 Å². The van der Waals surface area contributed by atoms with E-state index >= 15 is 0 Å². The van der Waals surface area contributed by atoms with Gasteiger partial charge in [-0.25, -0.2) is 0 Å². The van der Waals surface area contributed by atoms with Crippen molar-refractivity contribution in [1.29, 1.82) is 0 Å². The Kier molecular flexibility index (Phi) is 4.81. The Hall–Kier alpha value is -1.23. The molecule has 2 nitrogen and oxygen atoms in total. The fraction of sp³-hybridized carbons (Fsp3) is 0.625. The molecule has 21 heavy (non-hydrogen) atoms. The van der Waals surface area contributed by atoms with Crippen molar-refractivity contribution in [3.05, 3.63) is 29.3 Å². The van der Waals surface area contributed by atoms with E-state index in [0.717, 1.165) is 19.3 Å². The maximum absolute atomic E-state index is 13.4. The van der Waals surface area contributed by atoms with Crippen LogP contribution in [0, 0.1) is 0 Å². The summed E-state index contributed by atoms with van der Waals surface area (Å²) >= 11 is 0. The summed E-state index contributed by atoms with van der Waals surface area (Å²) in [6, 6.07) is 4.84. The van der Waals surface area contributed by atoms with Crippen molar-refractivity contribution >= 4 is 5.69 Å². The van der Waals surface area contributed by atoms with Crippen LogP contribution in [0.1, 0.15) is 44.2 Å². The zero-order chi connectivity index (χ0) is 15.6. The van der Waals surface area contributed by atoms with Gasteiger partial charge >= 0.3 is 6.18 Å². The summed E-state index contributed by atoms with van der Waals surface area (Å²) < 4.78 is 40.1. The summed E-state index contributed by atoms with van der Waals surface area (Å²) in [6.45, 7) is 4.44. The first-order valence-electron chi connectivity index (χ1n) is 7.59. The van der Waals surface area contributed by atoms with E-state index in [1.807, 2.05) is 18.7 Å². The predicted molar refractivity (Wildman–Crippen MR) is 79.5 cm³/mol. The van der Waals surface area contributed by atoms with Gasteiger partial charge in [0.25, 0.3) is 0 Å². The molecule has 118 valence electrons. The van der Waals surface area contributed by atoms with Gasteiger partial charge in [0.1, 0.15) is 0 Å². The number of hydrogen-bond donors (Lipinski definition) is 1. The van der Waals surface area contributed by atoms with Gasteiger partial charge in [-0.1, -0.05) is 13.0 Å². The molecule has 1 unspecified atom stereocenters. The molecule has 2 N–H and O–H groups in total. The smallest absolute Gasteiger partial charge is 0.368 e. The van der Waals surface area contributed by atoms with Gasteiger partial charge in [0.05, 0.1) is 5.56 Å². The van der Waals surface area contributed by atoms with Crippen LogP contribution in [0.25, 0.3) is 0 Å². The molecule has 0 spiro atoms. The molecule has 0 amide bonds. The summed E-state index contributed by atoms with van der Waals surface area (Å²) in [5.41, 5.74) is 6.29. The maximum Gasteiger partial charge on any atom is 0.418 e. The van der Waals surface area contributed by atoms with Gasteiger partial charge < -0.3 is 10.6 Å². The van der Waals surface area contributed by atoms with Crippen LogP contribution in [0.15, 0.2) is 18.2 Å². The highest BCUT2D eigenvalue weighted by atomic mass is 19.4. The first-order chi connectivity index (χ1) is 9.86. The van der Waals surface area contributed by atoms with E-state index in [1.165, 1.54) is 6.07 Å². The molecule has 0 radical (unpaired) electrons. The van der Waals surface area contributed by atoms with Crippen LogP contribution in [0.2, 0.25) is 0 Å². The summed E-state index contributed by atoms with van der Waals surface area (Å²) in [6.07, 6.45) is -1.13. The molecular weight excluding hydrogens is 277 g/mol. The number of anilines is 1. The maximum atomic E-state index is 13.4. The Morgan fingerprint density at radius 3 is 2.43 bits per heavy atom. The van der Waals surface area contributed by atoms with Crippen LogP contribution in [-0.2, 0) is 12.6 Å². The largest absolute Gasteiger partial charge is 0.418 e. The average Bonchev–Trinajstić information content (AvgIpc) is 3.24. The Morgan fingerprint density at radius 2 is 1.95 bits per heavy atom. The minimum Gasteiger partial charge on any atom is -0.368 e. The number of nitrogens with zero attached hydrogens (tertiary/aromatic N) is 1. The van der Waals surface area contributed by atoms with Crippen molar-refractivity contribution in [1.82, 2.24) is 0 Å². The van der Waals surface area contributed by atoms with Crippen LogP contribution < -0.4 is 10.6 Å². The lowest BCUT2D eigenvalue weighted by atomic mass is 10.0. The summed E-state index contributed by atoms with van der Waals surface area (Å²) in [4.78, 5) is 1.87.